The van der Waals surface area contributed by atoms with Gasteiger partial charge in [0, 0.05) is 6.54 Å². The van der Waals surface area contributed by atoms with Crippen molar-refractivity contribution in [3.63, 3.8) is 0 Å². The highest BCUT2D eigenvalue weighted by Gasteiger charge is 2.23. The van der Waals surface area contributed by atoms with Crippen molar-refractivity contribution < 1.29 is 14.3 Å². The van der Waals surface area contributed by atoms with Crippen LogP contribution in [0.15, 0.2) is 0 Å². The lowest BCUT2D eigenvalue weighted by Crippen LogP contribution is -2.35. The molecule has 0 heterocycles. The normalized spacial score (nSPS) is 16.4. The van der Waals surface area contributed by atoms with Gasteiger partial charge >= 0.3 is 11.9 Å². The van der Waals surface area contributed by atoms with Crippen LogP contribution in [0, 0.1) is 5.92 Å². The van der Waals surface area contributed by atoms with Crippen LogP contribution in [0.25, 0.3) is 0 Å². The van der Waals surface area contributed by atoms with Gasteiger partial charge in [-0.05, 0) is 38.0 Å². The van der Waals surface area contributed by atoms with Gasteiger partial charge in [0.1, 0.15) is 6.10 Å². The second kappa shape index (κ2) is 6.51. The van der Waals surface area contributed by atoms with Crippen molar-refractivity contribution in [1.82, 2.24) is 5.32 Å². The van der Waals surface area contributed by atoms with Crippen molar-refractivity contribution in [1.29, 1.82) is 0 Å². The fourth-order valence-corrected chi connectivity index (χ4v) is 1.76. The molecule has 0 saturated heterocycles. The van der Waals surface area contributed by atoms with Crippen molar-refractivity contribution in [3.8, 4) is 0 Å². The van der Waals surface area contributed by atoms with Gasteiger partial charge in [0.2, 0.25) is 0 Å². The zero-order valence-electron chi connectivity index (χ0n) is 10.1. The summed E-state index contributed by atoms with van der Waals surface area (Å²) in [5.74, 6) is -0.811. The molecule has 0 unspecified atom stereocenters. The van der Waals surface area contributed by atoms with Gasteiger partial charge < -0.3 is 10.1 Å². The molecule has 92 valence electrons. The minimum atomic E-state index is -0.726. The quantitative estimate of drug-likeness (QED) is 0.586. The van der Waals surface area contributed by atoms with Gasteiger partial charge in [-0.25, -0.2) is 4.79 Å². The number of nitrogens with one attached hydrogen (secondary N) is 1. The first-order chi connectivity index (χ1) is 7.59. The van der Waals surface area contributed by atoms with E-state index < -0.39 is 11.9 Å². The van der Waals surface area contributed by atoms with E-state index in [9.17, 15) is 9.59 Å². The predicted molar refractivity (Wildman–Crippen MR) is 60.8 cm³/mol. The minimum Gasteiger partial charge on any atom is -0.455 e. The fraction of sp³-hybridized carbons (Fsp3) is 0.833. The molecule has 0 radical (unpaired) electrons. The number of ether oxygens (including phenoxy) is 1. The summed E-state index contributed by atoms with van der Waals surface area (Å²) in [5, 5.41) is 2.57. The molecule has 0 bridgehead atoms. The van der Waals surface area contributed by atoms with Crippen LogP contribution in [-0.4, -0.2) is 24.5 Å². The Labute approximate surface area is 96.7 Å². The number of esters is 1. The number of hydrogen-bond donors (Lipinski definition) is 1. The first-order valence-corrected chi connectivity index (χ1v) is 6.08. The van der Waals surface area contributed by atoms with E-state index in [1.54, 1.807) is 0 Å². The van der Waals surface area contributed by atoms with E-state index in [0.29, 0.717) is 12.5 Å². The van der Waals surface area contributed by atoms with E-state index in [1.165, 1.54) is 0 Å². The van der Waals surface area contributed by atoms with Crippen LogP contribution >= 0.6 is 0 Å². The zero-order valence-corrected chi connectivity index (χ0v) is 10.1. The molecule has 1 fully saturated rings. The summed E-state index contributed by atoms with van der Waals surface area (Å²) in [5.41, 5.74) is 0. The molecule has 1 aliphatic carbocycles. The lowest BCUT2D eigenvalue weighted by molar-refractivity contribution is -0.158. The van der Waals surface area contributed by atoms with Gasteiger partial charge in [0.25, 0.3) is 0 Å². The molecule has 1 N–H and O–H groups in total. The van der Waals surface area contributed by atoms with E-state index >= 15 is 0 Å². The maximum Gasteiger partial charge on any atom is 0.397 e. The summed E-state index contributed by atoms with van der Waals surface area (Å²) in [7, 11) is 0. The maximum atomic E-state index is 11.3. The minimum absolute atomic E-state index is 0.0386. The highest BCUT2D eigenvalue weighted by Crippen LogP contribution is 2.20. The molecule has 1 amide bonds. The average molecular weight is 227 g/mol. The average Bonchev–Trinajstić information content (AvgIpc) is 2.69. The molecule has 0 spiro atoms. The van der Waals surface area contributed by atoms with E-state index in [-0.39, 0.29) is 6.10 Å². The molecule has 0 aromatic carbocycles. The zero-order chi connectivity index (χ0) is 12.0. The third-order valence-corrected chi connectivity index (χ3v) is 2.77. The second-order valence-corrected chi connectivity index (χ2v) is 4.75. The van der Waals surface area contributed by atoms with Crippen LogP contribution in [0.1, 0.15) is 46.0 Å². The van der Waals surface area contributed by atoms with Gasteiger partial charge in [-0.3, -0.25) is 4.79 Å². The van der Waals surface area contributed by atoms with E-state index in [4.69, 9.17) is 4.74 Å². The van der Waals surface area contributed by atoms with E-state index in [2.05, 4.69) is 19.2 Å². The van der Waals surface area contributed by atoms with Crippen molar-refractivity contribution in [2.24, 2.45) is 5.92 Å². The standard InChI is InChI=1S/C12H21NO3/c1-9(2)7-8-13-11(14)12(15)16-10-5-3-4-6-10/h9-10H,3-8H2,1-2H3,(H,13,14). The van der Waals surface area contributed by atoms with Gasteiger partial charge in [0.05, 0.1) is 0 Å². The summed E-state index contributed by atoms with van der Waals surface area (Å²) in [6, 6.07) is 0. The Balaban J connectivity index is 2.17. The van der Waals surface area contributed by atoms with Crippen molar-refractivity contribution in [2.45, 2.75) is 52.1 Å². The van der Waals surface area contributed by atoms with Gasteiger partial charge in [-0.15, -0.1) is 0 Å². The van der Waals surface area contributed by atoms with Crippen LogP contribution < -0.4 is 5.32 Å². The summed E-state index contributed by atoms with van der Waals surface area (Å²) in [6.45, 7) is 4.68. The summed E-state index contributed by atoms with van der Waals surface area (Å²) in [4.78, 5) is 22.7. The number of amides is 1. The molecule has 0 aliphatic heterocycles. The molecule has 1 saturated carbocycles. The van der Waals surface area contributed by atoms with E-state index in [0.717, 1.165) is 32.1 Å². The van der Waals surface area contributed by atoms with Crippen LogP contribution in [0.2, 0.25) is 0 Å². The molecular formula is C12H21NO3. The third-order valence-electron chi connectivity index (χ3n) is 2.77. The monoisotopic (exact) mass is 227 g/mol. The van der Waals surface area contributed by atoms with Crippen molar-refractivity contribution >= 4 is 11.9 Å². The molecular weight excluding hydrogens is 206 g/mol. The van der Waals surface area contributed by atoms with Gasteiger partial charge in [-0.2, -0.15) is 0 Å². The van der Waals surface area contributed by atoms with Crippen LogP contribution in [0.4, 0.5) is 0 Å². The Hall–Kier alpha value is -1.06. The second-order valence-electron chi connectivity index (χ2n) is 4.75. The third kappa shape index (κ3) is 4.64. The highest BCUT2D eigenvalue weighted by molar-refractivity contribution is 6.32. The summed E-state index contributed by atoms with van der Waals surface area (Å²) in [6.07, 6.45) is 4.81. The summed E-state index contributed by atoms with van der Waals surface area (Å²) >= 11 is 0. The van der Waals surface area contributed by atoms with E-state index in [1.807, 2.05) is 0 Å². The summed E-state index contributed by atoms with van der Waals surface area (Å²) < 4.78 is 5.08. The molecule has 16 heavy (non-hydrogen) atoms. The number of rotatable bonds is 4. The number of carbonyl (C=O) groups is 2. The Kier molecular flexibility index (Phi) is 5.29. The topological polar surface area (TPSA) is 55.4 Å². The van der Waals surface area contributed by atoms with Crippen LogP contribution in [-0.2, 0) is 14.3 Å². The molecule has 0 aromatic heterocycles. The molecule has 1 aliphatic rings. The van der Waals surface area contributed by atoms with Gasteiger partial charge in [0.15, 0.2) is 0 Å². The Morgan fingerprint density at radius 2 is 1.94 bits per heavy atom. The molecule has 0 aromatic rings. The molecule has 1 rings (SSSR count). The number of hydrogen-bond acceptors (Lipinski definition) is 3. The Bertz CT molecular complexity index is 245. The van der Waals surface area contributed by atoms with Crippen LogP contribution in [0.3, 0.4) is 0 Å². The SMILES string of the molecule is CC(C)CCNC(=O)C(=O)OC1CCCC1. The van der Waals surface area contributed by atoms with Crippen molar-refractivity contribution in [3.05, 3.63) is 0 Å². The first kappa shape index (κ1) is 13.0. The first-order valence-electron chi connectivity index (χ1n) is 6.08. The molecule has 4 nitrogen and oxygen atoms in total. The highest BCUT2D eigenvalue weighted by atomic mass is 16.5. The largest absolute Gasteiger partial charge is 0.455 e. The lowest BCUT2D eigenvalue weighted by Gasteiger charge is -2.11. The fourth-order valence-electron chi connectivity index (χ4n) is 1.76. The molecule has 0 atom stereocenters. The lowest BCUT2D eigenvalue weighted by atomic mass is 10.1. The Morgan fingerprint density at radius 1 is 1.31 bits per heavy atom. The van der Waals surface area contributed by atoms with Crippen molar-refractivity contribution in [2.75, 3.05) is 6.54 Å². The maximum absolute atomic E-state index is 11.3. The van der Waals surface area contributed by atoms with Crippen LogP contribution in [0.5, 0.6) is 0 Å². The number of carbonyl (C=O) groups excluding carboxylic acids is 2. The van der Waals surface area contributed by atoms with Gasteiger partial charge in [-0.1, -0.05) is 13.8 Å². The predicted octanol–water partition coefficient (Wildman–Crippen LogP) is 1.63. The smallest absolute Gasteiger partial charge is 0.397 e. The Morgan fingerprint density at radius 3 is 2.50 bits per heavy atom. The molecule has 4 heteroatoms.